The van der Waals surface area contributed by atoms with Crippen LogP contribution in [0.1, 0.15) is 13.3 Å². The van der Waals surface area contributed by atoms with Crippen LogP contribution in [0.5, 0.6) is 0 Å². The molecule has 2 unspecified atom stereocenters. The van der Waals surface area contributed by atoms with Crippen LogP contribution in [0.4, 0.5) is 0 Å². The molecule has 4 nitrogen and oxygen atoms in total. The lowest BCUT2D eigenvalue weighted by Gasteiger charge is -2.01. The molecule has 0 radical (unpaired) electrons. The van der Waals surface area contributed by atoms with Crippen LogP contribution in [0, 0.1) is 11.2 Å². The van der Waals surface area contributed by atoms with Crippen LogP contribution in [-0.2, 0) is 15.6 Å². The Morgan fingerprint density at radius 3 is 2.88 bits per heavy atom. The summed E-state index contributed by atoms with van der Waals surface area (Å²) in [6.45, 7) is 1.98. The fourth-order valence-electron chi connectivity index (χ4n) is 0.647. The Morgan fingerprint density at radius 2 is 2.31 bits per heavy atom. The van der Waals surface area contributed by atoms with E-state index in [4.69, 9.17) is 10.8 Å². The maximum Gasteiger partial charge on any atom is 0.321 e. The molecule has 0 heterocycles. The second kappa shape index (κ2) is 10.0. The summed E-state index contributed by atoms with van der Waals surface area (Å²) >= 11 is 0. The highest BCUT2D eigenvalue weighted by Crippen LogP contribution is 2.19. The van der Waals surface area contributed by atoms with Crippen LogP contribution in [0.15, 0.2) is 0 Å². The minimum Gasteiger partial charge on any atom is -0.480 e. The normalized spacial score (nSPS) is 13.6. The summed E-state index contributed by atoms with van der Waals surface area (Å²) in [6, 6.07) is -0.853. The molecule has 0 aromatic carbocycles. The number of aliphatic carboxylic acids is 1. The van der Waals surface area contributed by atoms with E-state index in [0.717, 1.165) is 6.42 Å². The van der Waals surface area contributed by atoms with Crippen molar-refractivity contribution in [1.82, 2.24) is 0 Å². The Morgan fingerprint density at radius 1 is 1.62 bits per heavy atom. The predicted octanol–water partition coefficient (Wildman–Crippen LogP) is 0.899. The van der Waals surface area contributed by atoms with E-state index < -0.39 is 22.8 Å². The van der Waals surface area contributed by atoms with Gasteiger partial charge in [0.1, 0.15) is 6.04 Å². The molecule has 0 saturated heterocycles. The standard InChI is InChI=1S/C9H15NO3S3/c1-2-5-16(13)6-3-4-14-15-7-8(10)9(11)12/h8H,2,5-7,10H2,1H3,(H,11,12). The molecule has 0 aliphatic heterocycles. The van der Waals surface area contributed by atoms with Crippen LogP contribution in [0.3, 0.4) is 0 Å². The highest BCUT2D eigenvalue weighted by Gasteiger charge is 2.10. The van der Waals surface area contributed by atoms with Crippen LogP contribution in [0.2, 0.25) is 0 Å². The van der Waals surface area contributed by atoms with Gasteiger partial charge in [0.25, 0.3) is 0 Å². The zero-order valence-electron chi connectivity index (χ0n) is 8.97. The predicted molar refractivity (Wildman–Crippen MR) is 71.6 cm³/mol. The molecule has 7 heteroatoms. The SMILES string of the molecule is CCCS(=O)CC#CSSCC(N)C(=O)O. The first-order valence-electron chi connectivity index (χ1n) is 4.67. The second-order valence-corrected chi connectivity index (χ2v) is 6.60. The zero-order chi connectivity index (χ0) is 12.4. The van der Waals surface area contributed by atoms with Crippen LogP contribution >= 0.6 is 21.6 Å². The summed E-state index contributed by atoms with van der Waals surface area (Å²) < 4.78 is 11.2. The van der Waals surface area contributed by atoms with Crippen molar-refractivity contribution in [3.8, 4) is 11.2 Å². The fraction of sp³-hybridized carbons (Fsp3) is 0.667. The molecule has 0 fully saturated rings. The van der Waals surface area contributed by atoms with Crippen LogP contribution in [0.25, 0.3) is 0 Å². The summed E-state index contributed by atoms with van der Waals surface area (Å²) in [5, 5.41) is 11.2. The van der Waals surface area contributed by atoms with Crippen molar-refractivity contribution in [1.29, 1.82) is 0 Å². The quantitative estimate of drug-likeness (QED) is 0.410. The fourth-order valence-corrected chi connectivity index (χ4v) is 3.12. The Labute approximate surface area is 106 Å². The minimum absolute atomic E-state index is 0.312. The highest BCUT2D eigenvalue weighted by molar-refractivity contribution is 8.78. The summed E-state index contributed by atoms with van der Waals surface area (Å²) in [5.41, 5.74) is 5.29. The van der Waals surface area contributed by atoms with Gasteiger partial charge in [-0.05, 0) is 22.5 Å². The van der Waals surface area contributed by atoms with Gasteiger partial charge in [0.05, 0.1) is 5.75 Å². The van der Waals surface area contributed by atoms with Crippen molar-refractivity contribution < 1.29 is 14.1 Å². The van der Waals surface area contributed by atoms with Gasteiger partial charge in [0.15, 0.2) is 0 Å². The Hall–Kier alpha value is -0.160. The van der Waals surface area contributed by atoms with Crippen LogP contribution in [-0.4, -0.2) is 38.6 Å². The monoisotopic (exact) mass is 281 g/mol. The molecule has 0 aliphatic carbocycles. The Bertz CT molecular complexity index is 298. The highest BCUT2D eigenvalue weighted by atomic mass is 33.1. The van der Waals surface area contributed by atoms with Crippen LogP contribution < -0.4 is 5.73 Å². The Kier molecular flexibility index (Phi) is 9.92. The van der Waals surface area contributed by atoms with Crippen molar-refractivity contribution >= 4 is 38.4 Å². The molecule has 0 aromatic heterocycles. The van der Waals surface area contributed by atoms with E-state index in [0.29, 0.717) is 17.3 Å². The number of rotatable bonds is 7. The van der Waals surface area contributed by atoms with Crippen molar-refractivity contribution in [2.24, 2.45) is 5.73 Å². The van der Waals surface area contributed by atoms with E-state index in [9.17, 15) is 9.00 Å². The maximum absolute atomic E-state index is 11.2. The second-order valence-electron chi connectivity index (χ2n) is 2.88. The molecule has 0 aliphatic rings. The number of carboxylic acid groups (broad SMARTS) is 1. The first-order valence-corrected chi connectivity index (χ1v) is 8.48. The third-order valence-corrected chi connectivity index (χ3v) is 4.58. The molecule has 0 spiro atoms. The number of carboxylic acids is 1. The molecule has 0 bridgehead atoms. The van der Waals surface area contributed by atoms with Gasteiger partial charge in [0.2, 0.25) is 0 Å². The van der Waals surface area contributed by atoms with E-state index in [1.165, 1.54) is 21.6 Å². The lowest BCUT2D eigenvalue weighted by Crippen LogP contribution is -2.32. The first kappa shape index (κ1) is 15.8. The van der Waals surface area contributed by atoms with E-state index in [-0.39, 0.29) is 0 Å². The molecule has 0 aromatic rings. The number of hydrogen-bond donors (Lipinski definition) is 2. The molecule has 0 rings (SSSR count). The smallest absolute Gasteiger partial charge is 0.321 e. The summed E-state index contributed by atoms with van der Waals surface area (Å²) in [6.07, 6.45) is 0.893. The summed E-state index contributed by atoms with van der Waals surface area (Å²) in [5.74, 6) is 3.14. The summed E-state index contributed by atoms with van der Waals surface area (Å²) in [7, 11) is 1.67. The number of hydrogen-bond acceptors (Lipinski definition) is 5. The van der Waals surface area contributed by atoms with E-state index >= 15 is 0 Å². The molecule has 3 N–H and O–H groups in total. The molecule has 16 heavy (non-hydrogen) atoms. The molecule has 2 atom stereocenters. The molecule has 92 valence electrons. The third kappa shape index (κ3) is 9.09. The first-order chi connectivity index (χ1) is 7.57. The number of carbonyl (C=O) groups is 1. The van der Waals surface area contributed by atoms with E-state index in [2.05, 4.69) is 11.2 Å². The van der Waals surface area contributed by atoms with Gasteiger partial charge in [-0.2, -0.15) is 0 Å². The van der Waals surface area contributed by atoms with Crippen molar-refractivity contribution in [2.75, 3.05) is 17.3 Å². The van der Waals surface area contributed by atoms with Gasteiger partial charge in [-0.25, -0.2) is 0 Å². The topological polar surface area (TPSA) is 80.4 Å². The number of nitrogens with two attached hydrogens (primary N) is 1. The molecule has 0 amide bonds. The largest absolute Gasteiger partial charge is 0.480 e. The van der Waals surface area contributed by atoms with Gasteiger partial charge in [-0.3, -0.25) is 9.00 Å². The van der Waals surface area contributed by atoms with Crippen molar-refractivity contribution in [2.45, 2.75) is 19.4 Å². The third-order valence-electron chi connectivity index (χ3n) is 1.40. The lowest BCUT2D eigenvalue weighted by molar-refractivity contribution is -0.137. The summed E-state index contributed by atoms with van der Waals surface area (Å²) in [4.78, 5) is 10.4. The van der Waals surface area contributed by atoms with Crippen molar-refractivity contribution in [3.63, 3.8) is 0 Å². The lowest BCUT2D eigenvalue weighted by atomic mass is 10.4. The average molecular weight is 281 g/mol. The van der Waals surface area contributed by atoms with Gasteiger partial charge in [-0.15, -0.1) is 0 Å². The molecular formula is C9H15NO3S3. The van der Waals surface area contributed by atoms with Gasteiger partial charge >= 0.3 is 5.97 Å². The van der Waals surface area contributed by atoms with E-state index in [1.807, 2.05) is 6.92 Å². The maximum atomic E-state index is 11.2. The van der Waals surface area contributed by atoms with E-state index in [1.54, 1.807) is 0 Å². The molecular weight excluding hydrogens is 266 g/mol. The minimum atomic E-state index is -1.01. The molecule has 0 saturated carbocycles. The van der Waals surface area contributed by atoms with Gasteiger partial charge in [-0.1, -0.05) is 23.6 Å². The Balaban J connectivity index is 3.55. The zero-order valence-corrected chi connectivity index (χ0v) is 11.4. The van der Waals surface area contributed by atoms with Crippen molar-refractivity contribution in [3.05, 3.63) is 0 Å². The van der Waals surface area contributed by atoms with Gasteiger partial charge < -0.3 is 10.8 Å². The average Bonchev–Trinajstić information content (AvgIpc) is 2.23. The van der Waals surface area contributed by atoms with Gasteiger partial charge in [0, 0.05) is 22.3 Å².